The van der Waals surface area contributed by atoms with E-state index in [1.54, 1.807) is 29.2 Å². The van der Waals surface area contributed by atoms with Crippen molar-refractivity contribution in [3.8, 4) is 0 Å². The van der Waals surface area contributed by atoms with Gasteiger partial charge in [-0.15, -0.1) is 0 Å². The first-order valence-corrected chi connectivity index (χ1v) is 11.8. The molecule has 2 aliphatic heterocycles. The van der Waals surface area contributed by atoms with Crippen molar-refractivity contribution in [3.05, 3.63) is 59.7 Å². The molecule has 2 N–H and O–H groups in total. The van der Waals surface area contributed by atoms with Gasteiger partial charge >= 0.3 is 6.03 Å². The molecule has 0 radical (unpaired) electrons. The molecule has 2 fully saturated rings. The van der Waals surface area contributed by atoms with Crippen LogP contribution < -0.4 is 15.5 Å². The minimum Gasteiger partial charge on any atom is -0.325 e. The number of para-hydroxylation sites is 1. The van der Waals surface area contributed by atoms with E-state index in [1.807, 2.05) is 24.3 Å². The summed E-state index contributed by atoms with van der Waals surface area (Å²) < 4.78 is 0. The van der Waals surface area contributed by atoms with Gasteiger partial charge in [0.1, 0.15) is 12.1 Å². The van der Waals surface area contributed by atoms with Crippen molar-refractivity contribution in [1.29, 1.82) is 0 Å². The maximum atomic E-state index is 13.0. The standard InChI is InChI=1S/C26H28N4O4/c1-17-10-13-26(14-11-17)24(33)30(25(34)28-26)16-22(31)27-20-8-6-19(7-9-20)23(32)29-15-12-18-4-2-3-5-21(18)29/h2-9,17H,10-16H2,1H3,(H,27,31)(H,28,34). The molecule has 0 atom stereocenters. The van der Waals surface area contributed by atoms with Crippen molar-refractivity contribution in [1.82, 2.24) is 10.2 Å². The SMILES string of the molecule is CC1CCC2(CC1)NC(=O)N(CC(=O)Nc1ccc(C(=O)N3CCc4ccccc43)cc1)C2=O. The van der Waals surface area contributed by atoms with Gasteiger partial charge in [-0.25, -0.2) is 4.79 Å². The van der Waals surface area contributed by atoms with Crippen molar-refractivity contribution in [2.45, 2.75) is 44.6 Å². The van der Waals surface area contributed by atoms with Crippen LogP contribution in [-0.4, -0.2) is 47.3 Å². The van der Waals surface area contributed by atoms with Crippen LogP contribution in [-0.2, 0) is 16.0 Å². The summed E-state index contributed by atoms with van der Waals surface area (Å²) in [6, 6.07) is 14.0. The molecule has 1 saturated heterocycles. The van der Waals surface area contributed by atoms with Gasteiger partial charge in [0.15, 0.2) is 0 Å². The Morgan fingerprint density at radius 3 is 2.50 bits per heavy atom. The predicted molar refractivity (Wildman–Crippen MR) is 128 cm³/mol. The van der Waals surface area contributed by atoms with Crippen molar-refractivity contribution >= 4 is 35.1 Å². The summed E-state index contributed by atoms with van der Waals surface area (Å²) >= 11 is 0. The number of carbonyl (C=O) groups is 4. The molecule has 176 valence electrons. The van der Waals surface area contributed by atoms with Gasteiger partial charge in [0.25, 0.3) is 11.8 Å². The van der Waals surface area contributed by atoms with Gasteiger partial charge in [0.05, 0.1) is 0 Å². The first kappa shape index (κ1) is 22.1. The number of amides is 5. The highest BCUT2D eigenvalue weighted by atomic mass is 16.2. The van der Waals surface area contributed by atoms with Crippen LogP contribution in [0.2, 0.25) is 0 Å². The van der Waals surface area contributed by atoms with E-state index in [2.05, 4.69) is 17.6 Å². The second-order valence-corrected chi connectivity index (χ2v) is 9.55. The number of urea groups is 1. The quantitative estimate of drug-likeness (QED) is 0.684. The summed E-state index contributed by atoms with van der Waals surface area (Å²) in [5, 5.41) is 5.55. The van der Waals surface area contributed by atoms with Gasteiger partial charge in [0.2, 0.25) is 5.91 Å². The fourth-order valence-electron chi connectivity index (χ4n) is 5.16. The largest absolute Gasteiger partial charge is 0.325 e. The number of fused-ring (bicyclic) bond motifs is 1. The Hall–Kier alpha value is -3.68. The number of hydrogen-bond acceptors (Lipinski definition) is 4. The summed E-state index contributed by atoms with van der Waals surface area (Å²) in [5.74, 6) is -0.333. The zero-order valence-corrected chi connectivity index (χ0v) is 19.2. The summed E-state index contributed by atoms with van der Waals surface area (Å²) in [4.78, 5) is 53.7. The van der Waals surface area contributed by atoms with Crippen molar-refractivity contribution in [2.24, 2.45) is 5.92 Å². The van der Waals surface area contributed by atoms with Crippen LogP contribution in [0.3, 0.4) is 0 Å². The van der Waals surface area contributed by atoms with Crippen LogP contribution in [0.1, 0.15) is 48.5 Å². The normalized spacial score (nSPS) is 23.7. The molecular weight excluding hydrogens is 432 g/mol. The van der Waals surface area contributed by atoms with E-state index in [4.69, 9.17) is 0 Å². The smallest absolute Gasteiger partial charge is 0.325 e. The number of hydrogen-bond donors (Lipinski definition) is 2. The number of carbonyl (C=O) groups excluding carboxylic acids is 4. The van der Waals surface area contributed by atoms with Gasteiger partial charge in [-0.3, -0.25) is 19.3 Å². The maximum absolute atomic E-state index is 13.0. The number of rotatable bonds is 4. The summed E-state index contributed by atoms with van der Waals surface area (Å²) in [6.45, 7) is 2.44. The average Bonchev–Trinajstić information content (AvgIpc) is 3.36. The van der Waals surface area contributed by atoms with Gasteiger partial charge in [-0.05, 0) is 73.9 Å². The first-order chi connectivity index (χ1) is 16.4. The first-order valence-electron chi connectivity index (χ1n) is 11.8. The predicted octanol–water partition coefficient (Wildman–Crippen LogP) is 3.33. The molecule has 1 saturated carbocycles. The van der Waals surface area contributed by atoms with E-state index in [-0.39, 0.29) is 18.4 Å². The third-order valence-electron chi connectivity index (χ3n) is 7.22. The van der Waals surface area contributed by atoms with Gasteiger partial charge in [-0.1, -0.05) is 25.1 Å². The molecule has 5 rings (SSSR count). The lowest BCUT2D eigenvalue weighted by Crippen LogP contribution is -2.49. The van der Waals surface area contributed by atoms with Crippen LogP contribution >= 0.6 is 0 Å². The van der Waals surface area contributed by atoms with Gasteiger partial charge < -0.3 is 15.5 Å². The molecule has 3 aliphatic rings. The Bertz CT molecular complexity index is 1150. The lowest BCUT2D eigenvalue weighted by atomic mass is 9.77. The number of anilines is 2. The molecule has 2 aromatic carbocycles. The fraction of sp³-hybridized carbons (Fsp3) is 0.385. The van der Waals surface area contributed by atoms with Gasteiger partial charge in [-0.2, -0.15) is 0 Å². The van der Waals surface area contributed by atoms with Crippen LogP contribution in [0.15, 0.2) is 48.5 Å². The van der Waals surface area contributed by atoms with Crippen LogP contribution in [0.4, 0.5) is 16.2 Å². The molecule has 1 spiro atoms. The molecule has 2 aromatic rings. The minimum atomic E-state index is -0.861. The lowest BCUT2D eigenvalue weighted by molar-refractivity contribution is -0.135. The molecule has 0 aromatic heterocycles. The highest BCUT2D eigenvalue weighted by Gasteiger charge is 2.52. The number of benzene rings is 2. The monoisotopic (exact) mass is 460 g/mol. The Kier molecular flexibility index (Phi) is 5.59. The maximum Gasteiger partial charge on any atom is 0.325 e. The molecular formula is C26H28N4O4. The van der Waals surface area contributed by atoms with Crippen molar-refractivity contribution < 1.29 is 19.2 Å². The third-order valence-corrected chi connectivity index (χ3v) is 7.22. The molecule has 5 amide bonds. The lowest BCUT2D eigenvalue weighted by Gasteiger charge is -2.33. The second-order valence-electron chi connectivity index (χ2n) is 9.55. The van der Waals surface area contributed by atoms with Crippen LogP contribution in [0.25, 0.3) is 0 Å². The van der Waals surface area contributed by atoms with Crippen LogP contribution in [0.5, 0.6) is 0 Å². The topological polar surface area (TPSA) is 98.8 Å². The summed E-state index contributed by atoms with van der Waals surface area (Å²) in [5.41, 5.74) is 2.25. The van der Waals surface area contributed by atoms with E-state index in [1.165, 1.54) is 0 Å². The Morgan fingerprint density at radius 1 is 1.06 bits per heavy atom. The van der Waals surface area contributed by atoms with E-state index >= 15 is 0 Å². The molecule has 8 nitrogen and oxygen atoms in total. The Morgan fingerprint density at radius 2 is 1.76 bits per heavy atom. The van der Waals surface area contributed by atoms with E-state index in [0.717, 1.165) is 35.4 Å². The number of nitrogens with zero attached hydrogens (tertiary/aromatic N) is 2. The second kappa shape index (κ2) is 8.59. The average molecular weight is 461 g/mol. The fourth-order valence-corrected chi connectivity index (χ4v) is 5.16. The molecule has 8 heteroatoms. The van der Waals surface area contributed by atoms with Crippen molar-refractivity contribution in [3.63, 3.8) is 0 Å². The molecule has 0 bridgehead atoms. The molecule has 2 heterocycles. The Labute approximate surface area is 198 Å². The molecule has 34 heavy (non-hydrogen) atoms. The van der Waals surface area contributed by atoms with Gasteiger partial charge in [0, 0.05) is 23.5 Å². The highest BCUT2D eigenvalue weighted by Crippen LogP contribution is 2.36. The van der Waals surface area contributed by atoms with Crippen molar-refractivity contribution in [2.75, 3.05) is 23.3 Å². The molecule has 1 aliphatic carbocycles. The zero-order valence-electron chi connectivity index (χ0n) is 19.2. The number of nitrogens with one attached hydrogen (secondary N) is 2. The summed E-state index contributed by atoms with van der Waals surface area (Å²) in [6.07, 6.45) is 3.79. The van der Waals surface area contributed by atoms with E-state index in [9.17, 15) is 19.2 Å². The van der Waals surface area contributed by atoms with E-state index < -0.39 is 17.5 Å². The Balaban J connectivity index is 1.20. The van der Waals surface area contributed by atoms with E-state index in [0.29, 0.717) is 36.6 Å². The molecule has 0 unspecified atom stereocenters. The zero-order chi connectivity index (χ0) is 23.9. The van der Waals surface area contributed by atoms with Crippen LogP contribution in [0, 0.1) is 5.92 Å². The number of imide groups is 1. The minimum absolute atomic E-state index is 0.0886. The third kappa shape index (κ3) is 3.93. The summed E-state index contributed by atoms with van der Waals surface area (Å²) in [7, 11) is 0. The highest BCUT2D eigenvalue weighted by molar-refractivity contribution is 6.10.